The monoisotopic (exact) mass is 236 g/mol. The summed E-state index contributed by atoms with van der Waals surface area (Å²) in [5, 5.41) is 9.88. The van der Waals surface area contributed by atoms with Crippen LogP contribution in [0.25, 0.3) is 0 Å². The summed E-state index contributed by atoms with van der Waals surface area (Å²) in [6.07, 6.45) is 3.12. The summed E-state index contributed by atoms with van der Waals surface area (Å²) in [5.74, 6) is 0. The van der Waals surface area contributed by atoms with E-state index in [1.54, 1.807) is 24.5 Å². The minimum atomic E-state index is 0. The molecule has 0 saturated carbocycles. The van der Waals surface area contributed by atoms with Gasteiger partial charge in [0.25, 0.3) is 0 Å². The zero-order valence-corrected chi connectivity index (χ0v) is 9.47. The van der Waals surface area contributed by atoms with Gasteiger partial charge in [0, 0.05) is 12.4 Å². The fourth-order valence-corrected chi connectivity index (χ4v) is 1.28. The molecule has 1 heterocycles. The number of pyridine rings is 1. The molecule has 0 amide bonds. The lowest BCUT2D eigenvalue weighted by atomic mass is 10.2. The fraction of sp³-hybridized carbons (Fsp3) is 0.0833. The van der Waals surface area contributed by atoms with Gasteiger partial charge in [-0.15, -0.1) is 12.4 Å². The third kappa shape index (κ3) is 3.44. The van der Waals surface area contributed by atoms with Gasteiger partial charge in [0.1, 0.15) is 0 Å². The third-order valence-electron chi connectivity index (χ3n) is 2.08. The van der Waals surface area contributed by atoms with Gasteiger partial charge < -0.3 is 5.21 Å². The number of rotatable bonds is 2. The first-order valence-corrected chi connectivity index (χ1v) is 4.76. The molecule has 1 aromatic carbocycles. The second kappa shape index (κ2) is 5.98. The number of aromatic nitrogens is 1. The van der Waals surface area contributed by atoms with Gasteiger partial charge in [-0.3, -0.25) is 4.99 Å². The maximum absolute atomic E-state index is 9.02. The summed E-state index contributed by atoms with van der Waals surface area (Å²) in [6.45, 7) is 0.663. The van der Waals surface area contributed by atoms with Gasteiger partial charge in [-0.1, -0.05) is 30.3 Å². The average molecular weight is 237 g/mol. The van der Waals surface area contributed by atoms with Gasteiger partial charge in [0.15, 0.2) is 0 Å². The minimum Gasteiger partial charge on any atom is -0.429 e. The summed E-state index contributed by atoms with van der Waals surface area (Å²) in [4.78, 5) is 4.39. The molecular weight excluding hydrogens is 224 g/mol. The van der Waals surface area contributed by atoms with Crippen LogP contribution >= 0.6 is 12.4 Å². The van der Waals surface area contributed by atoms with Crippen LogP contribution in [0.3, 0.4) is 0 Å². The van der Waals surface area contributed by atoms with Crippen LogP contribution in [0, 0.1) is 0 Å². The van der Waals surface area contributed by atoms with Gasteiger partial charge in [0.2, 0.25) is 0 Å². The van der Waals surface area contributed by atoms with E-state index < -0.39 is 0 Å². The second-order valence-electron chi connectivity index (χ2n) is 3.24. The van der Waals surface area contributed by atoms with Crippen LogP contribution in [0.1, 0.15) is 5.56 Å². The van der Waals surface area contributed by atoms with Gasteiger partial charge >= 0.3 is 0 Å². The Hall–Kier alpha value is -1.74. The molecule has 2 aromatic rings. The molecular formula is C12H13ClN2O. The summed E-state index contributed by atoms with van der Waals surface area (Å²) >= 11 is 0. The molecule has 0 aliphatic heterocycles. The molecule has 0 unspecified atom stereocenters. The van der Waals surface area contributed by atoms with E-state index >= 15 is 0 Å². The minimum absolute atomic E-state index is 0. The van der Waals surface area contributed by atoms with E-state index in [9.17, 15) is 0 Å². The van der Waals surface area contributed by atoms with Crippen LogP contribution in [-0.2, 0) is 6.54 Å². The lowest BCUT2D eigenvalue weighted by Crippen LogP contribution is -2.03. The molecule has 3 nitrogen and oxygen atoms in total. The van der Waals surface area contributed by atoms with Crippen molar-refractivity contribution in [2.24, 2.45) is 4.99 Å². The van der Waals surface area contributed by atoms with Crippen LogP contribution in [0.4, 0.5) is 0 Å². The molecule has 2 rings (SSSR count). The number of hydrogen-bond acceptors (Lipinski definition) is 2. The number of hydrogen-bond donors (Lipinski definition) is 1. The average Bonchev–Trinajstić information content (AvgIpc) is 2.30. The molecule has 16 heavy (non-hydrogen) atoms. The first kappa shape index (κ1) is 12.3. The fourth-order valence-electron chi connectivity index (χ4n) is 1.28. The molecule has 0 radical (unpaired) electrons. The third-order valence-corrected chi connectivity index (χ3v) is 2.08. The van der Waals surface area contributed by atoms with E-state index in [1.165, 1.54) is 5.56 Å². The molecule has 0 atom stereocenters. The van der Waals surface area contributed by atoms with E-state index in [2.05, 4.69) is 4.99 Å². The van der Waals surface area contributed by atoms with Gasteiger partial charge in [0.05, 0.1) is 11.9 Å². The van der Waals surface area contributed by atoms with Crippen molar-refractivity contribution >= 4 is 12.4 Å². The molecule has 0 bridgehead atoms. The molecule has 4 heteroatoms. The van der Waals surface area contributed by atoms with Crippen molar-refractivity contribution in [3.8, 4) is 0 Å². The number of nitrogens with zero attached hydrogens (tertiary/aromatic N) is 2. The molecule has 1 aromatic heterocycles. The van der Waals surface area contributed by atoms with E-state index in [0.717, 1.165) is 10.1 Å². The van der Waals surface area contributed by atoms with Crippen LogP contribution < -0.4 is 5.36 Å². The topological polar surface area (TPSA) is 37.5 Å². The van der Waals surface area contributed by atoms with Crippen molar-refractivity contribution < 1.29 is 5.21 Å². The Bertz CT molecular complexity index is 473. The van der Waals surface area contributed by atoms with Crippen molar-refractivity contribution in [3.63, 3.8) is 0 Å². The van der Waals surface area contributed by atoms with Crippen molar-refractivity contribution in [2.45, 2.75) is 6.54 Å². The Labute approximate surface area is 100 Å². The van der Waals surface area contributed by atoms with Crippen molar-refractivity contribution in [3.05, 3.63) is 65.8 Å². The zero-order chi connectivity index (χ0) is 10.5. The Morgan fingerprint density at radius 2 is 1.62 bits per heavy atom. The molecule has 0 saturated heterocycles. The Morgan fingerprint density at radius 3 is 2.25 bits per heavy atom. The highest BCUT2D eigenvalue weighted by atomic mass is 35.5. The molecule has 0 aliphatic carbocycles. The Balaban J connectivity index is 0.00000128. The standard InChI is InChI=1S/C12H12N2O.ClH/c15-14-8-6-12(7-9-14)13-10-11-4-2-1-3-5-11;/h1-9,15H,10H2;1H. The molecule has 84 valence electrons. The number of halogens is 1. The van der Waals surface area contributed by atoms with Crippen LogP contribution in [-0.4, -0.2) is 9.94 Å². The molecule has 0 aliphatic rings. The summed E-state index contributed by atoms with van der Waals surface area (Å²) in [6, 6.07) is 13.6. The van der Waals surface area contributed by atoms with Crippen molar-refractivity contribution in [2.75, 3.05) is 0 Å². The quantitative estimate of drug-likeness (QED) is 0.798. The van der Waals surface area contributed by atoms with Crippen LogP contribution in [0.2, 0.25) is 0 Å². The first-order chi connectivity index (χ1) is 7.34. The number of benzene rings is 1. The van der Waals surface area contributed by atoms with Crippen LogP contribution in [0.15, 0.2) is 59.9 Å². The van der Waals surface area contributed by atoms with Gasteiger partial charge in [-0.25, -0.2) is 4.73 Å². The van der Waals surface area contributed by atoms with E-state index in [1.807, 2.05) is 30.3 Å². The molecule has 1 N–H and O–H groups in total. The van der Waals surface area contributed by atoms with Crippen LogP contribution in [0.5, 0.6) is 0 Å². The predicted octanol–water partition coefficient (Wildman–Crippen LogP) is 2.25. The normalized spacial score (nSPS) is 9.25. The lowest BCUT2D eigenvalue weighted by Gasteiger charge is -1.96. The van der Waals surface area contributed by atoms with E-state index in [-0.39, 0.29) is 12.4 Å². The summed E-state index contributed by atoms with van der Waals surface area (Å²) in [5.41, 5.74) is 1.18. The second-order valence-corrected chi connectivity index (χ2v) is 3.24. The lowest BCUT2D eigenvalue weighted by molar-refractivity contribution is 0.184. The summed E-state index contributed by atoms with van der Waals surface area (Å²) in [7, 11) is 0. The SMILES string of the molecule is Cl.On1ccc(=NCc2ccccc2)cc1. The summed E-state index contributed by atoms with van der Waals surface area (Å²) < 4.78 is 1.00. The highest BCUT2D eigenvalue weighted by molar-refractivity contribution is 5.85. The van der Waals surface area contributed by atoms with Gasteiger partial charge in [-0.05, 0) is 17.7 Å². The zero-order valence-electron chi connectivity index (χ0n) is 8.65. The highest BCUT2D eigenvalue weighted by Gasteiger charge is 1.87. The van der Waals surface area contributed by atoms with E-state index in [0.29, 0.717) is 6.54 Å². The maximum atomic E-state index is 9.02. The molecule has 0 spiro atoms. The first-order valence-electron chi connectivity index (χ1n) is 4.76. The Kier molecular flexibility index (Phi) is 4.61. The van der Waals surface area contributed by atoms with E-state index in [4.69, 9.17) is 5.21 Å². The predicted molar refractivity (Wildman–Crippen MR) is 64.6 cm³/mol. The Morgan fingerprint density at radius 1 is 1.00 bits per heavy atom. The smallest absolute Gasteiger partial charge is 0.0646 e. The molecule has 0 fully saturated rings. The highest BCUT2D eigenvalue weighted by Crippen LogP contribution is 1.98. The van der Waals surface area contributed by atoms with Crippen molar-refractivity contribution in [1.82, 2.24) is 4.73 Å². The maximum Gasteiger partial charge on any atom is 0.0646 e. The van der Waals surface area contributed by atoms with Gasteiger partial charge in [-0.2, -0.15) is 0 Å². The largest absolute Gasteiger partial charge is 0.429 e. The van der Waals surface area contributed by atoms with Crippen molar-refractivity contribution in [1.29, 1.82) is 0 Å².